The van der Waals surface area contributed by atoms with Gasteiger partial charge in [0.15, 0.2) is 0 Å². The molecule has 1 unspecified atom stereocenters. The molecule has 0 amide bonds. The van der Waals surface area contributed by atoms with Crippen molar-refractivity contribution in [1.82, 2.24) is 9.97 Å². The third-order valence-corrected chi connectivity index (χ3v) is 5.91. The lowest BCUT2D eigenvalue weighted by Gasteiger charge is -2.11. The average Bonchev–Trinajstić information content (AvgIpc) is 3.23. The molecule has 0 saturated carbocycles. The maximum absolute atomic E-state index is 12.6. The van der Waals surface area contributed by atoms with Gasteiger partial charge in [0.1, 0.15) is 16.4 Å². The van der Waals surface area contributed by atoms with Crippen molar-refractivity contribution in [3.05, 3.63) is 69.8 Å². The number of nitrogens with one attached hydrogen (secondary N) is 1. The van der Waals surface area contributed by atoms with Crippen LogP contribution < -0.4 is 5.56 Å². The Labute approximate surface area is 152 Å². The molecule has 0 radical (unpaired) electrons. The van der Waals surface area contributed by atoms with E-state index < -0.39 is 0 Å². The molecule has 0 bridgehead atoms. The fourth-order valence-corrected chi connectivity index (χ4v) is 4.70. The minimum atomic E-state index is -0.121. The zero-order chi connectivity index (χ0) is 17.4. The predicted octanol–water partition coefficient (Wildman–Crippen LogP) is 5.41. The molecule has 0 fully saturated rings. The maximum atomic E-state index is 12.6. The zero-order valence-electron chi connectivity index (χ0n) is 13.8. The second-order valence-electron chi connectivity index (χ2n) is 5.83. The van der Waals surface area contributed by atoms with E-state index in [9.17, 15) is 4.79 Å². The Bertz CT molecular complexity index is 1080. The van der Waals surface area contributed by atoms with Gasteiger partial charge in [-0.2, -0.15) is 0 Å². The fourth-order valence-electron chi connectivity index (χ4n) is 2.72. The summed E-state index contributed by atoms with van der Waals surface area (Å²) in [4.78, 5) is 22.2. The van der Waals surface area contributed by atoms with Crippen LogP contribution in [0.4, 0.5) is 0 Å². The molecule has 126 valence electrons. The number of H-pyrrole nitrogens is 1. The summed E-state index contributed by atoms with van der Waals surface area (Å²) in [7, 11) is 0. The second-order valence-corrected chi connectivity index (χ2v) is 8.11. The lowest BCUT2D eigenvalue weighted by atomic mass is 10.2. The Morgan fingerprint density at radius 3 is 2.92 bits per heavy atom. The summed E-state index contributed by atoms with van der Waals surface area (Å²) in [6.07, 6.45) is 1.61. The molecule has 1 N–H and O–H groups in total. The van der Waals surface area contributed by atoms with E-state index in [2.05, 4.69) is 42.0 Å². The first-order valence-electron chi connectivity index (χ1n) is 7.90. The van der Waals surface area contributed by atoms with Crippen LogP contribution in [-0.4, -0.2) is 9.97 Å². The van der Waals surface area contributed by atoms with E-state index >= 15 is 0 Å². The van der Waals surface area contributed by atoms with E-state index in [1.165, 1.54) is 16.9 Å². The van der Waals surface area contributed by atoms with Crippen molar-refractivity contribution in [1.29, 1.82) is 0 Å². The Morgan fingerprint density at radius 2 is 2.16 bits per heavy atom. The van der Waals surface area contributed by atoms with Gasteiger partial charge in [-0.15, -0.1) is 23.1 Å². The molecule has 4 rings (SSSR count). The molecule has 4 aromatic rings. The summed E-state index contributed by atoms with van der Waals surface area (Å²) in [5, 5.41) is 2.57. The molecule has 0 saturated heterocycles. The number of aromatic nitrogens is 2. The average molecular weight is 368 g/mol. The molecule has 0 spiro atoms. The Kier molecular flexibility index (Phi) is 4.23. The summed E-state index contributed by atoms with van der Waals surface area (Å²) in [6.45, 7) is 4.13. The summed E-state index contributed by atoms with van der Waals surface area (Å²) < 4.78 is 5.43. The lowest BCUT2D eigenvalue weighted by Crippen LogP contribution is -2.12. The van der Waals surface area contributed by atoms with Gasteiger partial charge in [-0.1, -0.05) is 17.7 Å². The van der Waals surface area contributed by atoms with E-state index in [1.807, 2.05) is 23.6 Å². The van der Waals surface area contributed by atoms with Gasteiger partial charge in [-0.25, -0.2) is 4.98 Å². The van der Waals surface area contributed by atoms with Gasteiger partial charge >= 0.3 is 0 Å². The number of furan rings is 1. The van der Waals surface area contributed by atoms with Crippen molar-refractivity contribution in [3.63, 3.8) is 0 Å². The number of thiophene rings is 1. The van der Waals surface area contributed by atoms with Crippen molar-refractivity contribution >= 4 is 33.3 Å². The van der Waals surface area contributed by atoms with Crippen LogP contribution in [0, 0.1) is 6.92 Å². The van der Waals surface area contributed by atoms with Crippen molar-refractivity contribution in [2.75, 3.05) is 0 Å². The highest BCUT2D eigenvalue weighted by molar-refractivity contribution is 7.99. The van der Waals surface area contributed by atoms with Gasteiger partial charge in [0.05, 0.1) is 16.9 Å². The number of nitrogens with zero attached hydrogens (tertiary/aromatic N) is 1. The molecule has 1 aromatic carbocycles. The Hall–Kier alpha value is -2.31. The van der Waals surface area contributed by atoms with Crippen molar-refractivity contribution in [2.24, 2.45) is 0 Å². The number of rotatable bonds is 4. The molecular weight excluding hydrogens is 352 g/mol. The third kappa shape index (κ3) is 3.15. The Morgan fingerprint density at radius 1 is 1.28 bits per heavy atom. The van der Waals surface area contributed by atoms with E-state index in [-0.39, 0.29) is 10.8 Å². The molecule has 4 nitrogen and oxygen atoms in total. The first-order chi connectivity index (χ1) is 12.1. The number of aromatic amines is 1. The first kappa shape index (κ1) is 16.2. The summed E-state index contributed by atoms with van der Waals surface area (Å²) in [5.74, 6) is 1.38. The topological polar surface area (TPSA) is 58.9 Å². The quantitative estimate of drug-likeness (QED) is 0.490. The van der Waals surface area contributed by atoms with Crippen molar-refractivity contribution in [2.45, 2.75) is 24.0 Å². The van der Waals surface area contributed by atoms with E-state index in [0.717, 1.165) is 15.3 Å². The Balaban J connectivity index is 1.71. The van der Waals surface area contributed by atoms with E-state index in [0.29, 0.717) is 17.0 Å². The molecule has 1 atom stereocenters. The van der Waals surface area contributed by atoms with Crippen LogP contribution in [0.5, 0.6) is 0 Å². The van der Waals surface area contributed by atoms with Crippen LogP contribution in [0.1, 0.15) is 23.6 Å². The SMILES string of the molecule is Cc1cccc(SC(C)c2nc3scc(-c4ccco4)c3c(=O)[nH]2)c1. The highest BCUT2D eigenvalue weighted by Crippen LogP contribution is 2.35. The van der Waals surface area contributed by atoms with Crippen LogP contribution in [0.25, 0.3) is 21.5 Å². The summed E-state index contributed by atoms with van der Waals surface area (Å²) in [5.41, 5.74) is 1.89. The van der Waals surface area contributed by atoms with Gasteiger partial charge < -0.3 is 9.40 Å². The van der Waals surface area contributed by atoms with E-state index in [1.54, 1.807) is 18.0 Å². The number of benzene rings is 1. The van der Waals surface area contributed by atoms with Gasteiger partial charge in [-0.3, -0.25) is 4.79 Å². The molecule has 3 heterocycles. The zero-order valence-corrected chi connectivity index (χ0v) is 15.4. The van der Waals surface area contributed by atoms with Crippen LogP contribution in [-0.2, 0) is 0 Å². The molecule has 25 heavy (non-hydrogen) atoms. The summed E-state index contributed by atoms with van der Waals surface area (Å²) >= 11 is 3.15. The van der Waals surface area contributed by atoms with Gasteiger partial charge in [0, 0.05) is 15.8 Å². The predicted molar refractivity (Wildman–Crippen MR) is 103 cm³/mol. The first-order valence-corrected chi connectivity index (χ1v) is 9.66. The normalized spacial score (nSPS) is 12.6. The molecule has 0 aliphatic heterocycles. The minimum Gasteiger partial charge on any atom is -0.464 e. The second kappa shape index (κ2) is 6.54. The summed E-state index contributed by atoms with van der Waals surface area (Å²) in [6, 6.07) is 12.0. The van der Waals surface area contributed by atoms with Crippen LogP contribution in [0.3, 0.4) is 0 Å². The fraction of sp³-hybridized carbons (Fsp3) is 0.158. The number of fused-ring (bicyclic) bond motifs is 1. The molecule has 0 aliphatic carbocycles. The van der Waals surface area contributed by atoms with Crippen LogP contribution in [0.15, 0.2) is 62.1 Å². The van der Waals surface area contributed by atoms with Crippen LogP contribution in [0.2, 0.25) is 0 Å². The number of thioether (sulfide) groups is 1. The van der Waals surface area contributed by atoms with Crippen LogP contribution >= 0.6 is 23.1 Å². The maximum Gasteiger partial charge on any atom is 0.260 e. The third-order valence-electron chi connectivity index (χ3n) is 3.94. The largest absolute Gasteiger partial charge is 0.464 e. The van der Waals surface area contributed by atoms with Crippen molar-refractivity contribution in [3.8, 4) is 11.3 Å². The monoisotopic (exact) mass is 368 g/mol. The highest BCUT2D eigenvalue weighted by Gasteiger charge is 2.17. The lowest BCUT2D eigenvalue weighted by molar-refractivity contribution is 0.583. The van der Waals surface area contributed by atoms with Gasteiger partial charge in [0.25, 0.3) is 5.56 Å². The molecule has 6 heteroatoms. The smallest absolute Gasteiger partial charge is 0.260 e. The van der Waals surface area contributed by atoms with Crippen molar-refractivity contribution < 1.29 is 4.42 Å². The highest BCUT2D eigenvalue weighted by atomic mass is 32.2. The van der Waals surface area contributed by atoms with Gasteiger partial charge in [-0.05, 0) is 38.1 Å². The molecule has 0 aliphatic rings. The number of hydrogen-bond acceptors (Lipinski definition) is 5. The molecule has 3 aromatic heterocycles. The minimum absolute atomic E-state index is 0.0491. The number of aryl methyl sites for hydroxylation is 1. The number of hydrogen-bond donors (Lipinski definition) is 1. The standard InChI is InChI=1S/C19H16N2O2S2/c1-11-5-3-6-13(9-11)25-12(2)17-20-18(22)16-14(10-24-19(16)21-17)15-7-4-8-23-15/h3-10,12H,1-2H3,(H,20,21,22). The van der Waals surface area contributed by atoms with E-state index in [4.69, 9.17) is 4.42 Å². The van der Waals surface area contributed by atoms with Gasteiger partial charge in [0.2, 0.25) is 0 Å². The molecular formula is C19H16N2O2S2.